The minimum Gasteiger partial charge on any atom is -0.481 e. The number of ether oxygens (including phenoxy) is 1. The van der Waals surface area contributed by atoms with Crippen molar-refractivity contribution in [1.29, 1.82) is 0 Å². The standard InChI is InChI=1S/C16H18N2O2/c1-20-15-11-13(12-7-3-4-8-14(12)17-15)16(19)18-9-5-2-6-10-18/h3-4,7-8,11H,2,5-6,9-10H2,1H3. The Labute approximate surface area is 118 Å². The fourth-order valence-corrected chi connectivity index (χ4v) is 2.70. The highest BCUT2D eigenvalue weighted by molar-refractivity contribution is 6.06. The van der Waals surface area contributed by atoms with Crippen LogP contribution < -0.4 is 4.74 Å². The summed E-state index contributed by atoms with van der Waals surface area (Å²) in [6, 6.07) is 9.45. The minimum absolute atomic E-state index is 0.0848. The van der Waals surface area contributed by atoms with Crippen molar-refractivity contribution in [3.05, 3.63) is 35.9 Å². The van der Waals surface area contributed by atoms with Crippen LogP contribution in [0.5, 0.6) is 5.88 Å². The van der Waals surface area contributed by atoms with Crippen LogP contribution in [0.4, 0.5) is 0 Å². The zero-order valence-corrected chi connectivity index (χ0v) is 11.6. The third-order valence-corrected chi connectivity index (χ3v) is 3.78. The molecule has 0 spiro atoms. The fourth-order valence-electron chi connectivity index (χ4n) is 2.70. The van der Waals surface area contributed by atoms with E-state index in [-0.39, 0.29) is 5.91 Å². The highest BCUT2D eigenvalue weighted by Crippen LogP contribution is 2.24. The summed E-state index contributed by atoms with van der Waals surface area (Å²) in [4.78, 5) is 19.0. The molecule has 20 heavy (non-hydrogen) atoms. The average Bonchev–Trinajstić information content (AvgIpc) is 2.54. The number of rotatable bonds is 2. The van der Waals surface area contributed by atoms with Gasteiger partial charge in [-0.1, -0.05) is 18.2 Å². The number of hydrogen-bond donors (Lipinski definition) is 0. The molecule has 104 valence electrons. The molecule has 1 aromatic carbocycles. The first-order valence-electron chi connectivity index (χ1n) is 7.02. The first kappa shape index (κ1) is 12.9. The fraction of sp³-hybridized carbons (Fsp3) is 0.375. The van der Waals surface area contributed by atoms with Crippen LogP contribution in [0.3, 0.4) is 0 Å². The SMILES string of the molecule is COc1cc(C(=O)N2CCCCC2)c2ccccc2n1. The van der Waals surface area contributed by atoms with Crippen molar-refractivity contribution < 1.29 is 9.53 Å². The van der Waals surface area contributed by atoms with Gasteiger partial charge in [-0.3, -0.25) is 4.79 Å². The quantitative estimate of drug-likeness (QED) is 0.842. The van der Waals surface area contributed by atoms with Crippen molar-refractivity contribution in [3.63, 3.8) is 0 Å². The molecule has 1 aliphatic rings. The van der Waals surface area contributed by atoms with Crippen molar-refractivity contribution in [2.24, 2.45) is 0 Å². The van der Waals surface area contributed by atoms with E-state index in [9.17, 15) is 4.79 Å². The average molecular weight is 270 g/mol. The van der Waals surface area contributed by atoms with Gasteiger partial charge in [-0.15, -0.1) is 0 Å². The van der Waals surface area contributed by atoms with Crippen molar-refractivity contribution in [1.82, 2.24) is 9.88 Å². The lowest BCUT2D eigenvalue weighted by atomic mass is 10.1. The second-order valence-electron chi connectivity index (χ2n) is 5.08. The van der Waals surface area contributed by atoms with Crippen LogP contribution >= 0.6 is 0 Å². The van der Waals surface area contributed by atoms with Gasteiger partial charge >= 0.3 is 0 Å². The van der Waals surface area contributed by atoms with Crippen molar-refractivity contribution in [2.45, 2.75) is 19.3 Å². The number of fused-ring (bicyclic) bond motifs is 1. The van der Waals surface area contributed by atoms with E-state index in [1.54, 1.807) is 13.2 Å². The number of amides is 1. The number of methoxy groups -OCH3 is 1. The molecule has 1 aliphatic heterocycles. The number of carbonyl (C=O) groups excluding carboxylic acids is 1. The number of carbonyl (C=O) groups is 1. The summed E-state index contributed by atoms with van der Waals surface area (Å²) in [5.74, 6) is 0.575. The molecule has 0 radical (unpaired) electrons. The van der Waals surface area contributed by atoms with E-state index in [2.05, 4.69) is 4.98 Å². The summed E-state index contributed by atoms with van der Waals surface area (Å²) >= 11 is 0. The Morgan fingerprint density at radius 1 is 1.20 bits per heavy atom. The normalized spacial score (nSPS) is 15.3. The number of hydrogen-bond acceptors (Lipinski definition) is 3. The summed E-state index contributed by atoms with van der Waals surface area (Å²) in [7, 11) is 1.58. The summed E-state index contributed by atoms with van der Waals surface area (Å²) in [6.45, 7) is 1.69. The van der Waals surface area contributed by atoms with E-state index in [4.69, 9.17) is 4.74 Å². The molecular formula is C16H18N2O2. The second kappa shape index (κ2) is 5.49. The summed E-state index contributed by atoms with van der Waals surface area (Å²) in [5, 5.41) is 0.892. The van der Waals surface area contributed by atoms with Crippen LogP contribution in [0.2, 0.25) is 0 Å². The van der Waals surface area contributed by atoms with Gasteiger partial charge in [-0.05, 0) is 25.3 Å². The molecule has 0 aliphatic carbocycles. The predicted octanol–water partition coefficient (Wildman–Crippen LogP) is 2.87. The van der Waals surface area contributed by atoms with Crippen LogP contribution in [0.1, 0.15) is 29.6 Å². The molecule has 3 rings (SSSR count). The Morgan fingerprint density at radius 2 is 1.95 bits per heavy atom. The number of benzene rings is 1. The van der Waals surface area contributed by atoms with Gasteiger partial charge in [-0.2, -0.15) is 0 Å². The van der Waals surface area contributed by atoms with Gasteiger partial charge in [0.05, 0.1) is 18.2 Å². The van der Waals surface area contributed by atoms with E-state index in [1.165, 1.54) is 6.42 Å². The van der Waals surface area contributed by atoms with Crippen LogP contribution in [-0.2, 0) is 0 Å². The van der Waals surface area contributed by atoms with Gasteiger partial charge < -0.3 is 9.64 Å². The first-order chi connectivity index (χ1) is 9.79. The highest BCUT2D eigenvalue weighted by Gasteiger charge is 2.21. The molecule has 0 unspecified atom stereocenters. The minimum atomic E-state index is 0.0848. The Kier molecular flexibility index (Phi) is 3.54. The number of pyridine rings is 1. The molecule has 4 heteroatoms. The van der Waals surface area contributed by atoms with Gasteiger partial charge in [0, 0.05) is 24.5 Å². The molecule has 0 saturated carbocycles. The number of piperidine rings is 1. The van der Waals surface area contributed by atoms with Crippen molar-refractivity contribution in [2.75, 3.05) is 20.2 Å². The van der Waals surface area contributed by atoms with Gasteiger partial charge in [0.2, 0.25) is 5.88 Å². The van der Waals surface area contributed by atoms with Gasteiger partial charge in [0.1, 0.15) is 0 Å². The molecule has 1 amide bonds. The number of likely N-dealkylation sites (tertiary alicyclic amines) is 1. The predicted molar refractivity (Wildman–Crippen MR) is 78.0 cm³/mol. The third-order valence-electron chi connectivity index (χ3n) is 3.78. The zero-order chi connectivity index (χ0) is 13.9. The maximum Gasteiger partial charge on any atom is 0.254 e. The van der Waals surface area contributed by atoms with Crippen LogP contribution in [-0.4, -0.2) is 36.0 Å². The molecule has 1 aromatic heterocycles. The molecule has 4 nitrogen and oxygen atoms in total. The van der Waals surface area contributed by atoms with Crippen LogP contribution in [0.25, 0.3) is 10.9 Å². The van der Waals surface area contributed by atoms with E-state index >= 15 is 0 Å². The van der Waals surface area contributed by atoms with Gasteiger partial charge in [-0.25, -0.2) is 4.98 Å². The molecule has 1 saturated heterocycles. The molecule has 0 N–H and O–H groups in total. The molecule has 2 aromatic rings. The van der Waals surface area contributed by atoms with Crippen molar-refractivity contribution in [3.8, 4) is 5.88 Å². The Hall–Kier alpha value is -2.10. The van der Waals surface area contributed by atoms with E-state index in [0.29, 0.717) is 11.4 Å². The lowest BCUT2D eigenvalue weighted by molar-refractivity contribution is 0.0726. The molecular weight excluding hydrogens is 252 g/mol. The number of nitrogens with zero attached hydrogens (tertiary/aromatic N) is 2. The monoisotopic (exact) mass is 270 g/mol. The van der Waals surface area contributed by atoms with Gasteiger partial charge in [0.15, 0.2) is 0 Å². The first-order valence-corrected chi connectivity index (χ1v) is 7.02. The van der Waals surface area contributed by atoms with E-state index < -0.39 is 0 Å². The lowest BCUT2D eigenvalue weighted by Crippen LogP contribution is -2.35. The molecule has 1 fully saturated rings. The van der Waals surface area contributed by atoms with Gasteiger partial charge in [0.25, 0.3) is 5.91 Å². The summed E-state index contributed by atoms with van der Waals surface area (Å²) in [6.07, 6.45) is 3.39. The maximum absolute atomic E-state index is 12.7. The maximum atomic E-state index is 12.7. The second-order valence-corrected chi connectivity index (χ2v) is 5.08. The Morgan fingerprint density at radius 3 is 2.70 bits per heavy atom. The number of aromatic nitrogens is 1. The van der Waals surface area contributed by atoms with Crippen LogP contribution in [0.15, 0.2) is 30.3 Å². The summed E-state index contributed by atoms with van der Waals surface area (Å²) < 4.78 is 5.22. The zero-order valence-electron chi connectivity index (χ0n) is 11.6. The van der Waals surface area contributed by atoms with Crippen LogP contribution in [0, 0.1) is 0 Å². The number of para-hydroxylation sites is 1. The Bertz CT molecular complexity index is 633. The van der Waals surface area contributed by atoms with Crippen molar-refractivity contribution >= 4 is 16.8 Å². The topological polar surface area (TPSA) is 42.4 Å². The molecule has 0 bridgehead atoms. The lowest BCUT2D eigenvalue weighted by Gasteiger charge is -2.27. The van der Waals surface area contributed by atoms with E-state index in [1.807, 2.05) is 29.2 Å². The smallest absolute Gasteiger partial charge is 0.254 e. The van der Waals surface area contributed by atoms with E-state index in [0.717, 1.165) is 36.8 Å². The summed E-state index contributed by atoms with van der Waals surface area (Å²) in [5.41, 5.74) is 1.49. The third kappa shape index (κ3) is 2.33. The highest BCUT2D eigenvalue weighted by atomic mass is 16.5. The Balaban J connectivity index is 2.06. The molecule has 0 atom stereocenters. The largest absolute Gasteiger partial charge is 0.481 e. The molecule has 2 heterocycles.